The Labute approximate surface area is 95.8 Å². The summed E-state index contributed by atoms with van der Waals surface area (Å²) in [6.45, 7) is 4.92. The summed E-state index contributed by atoms with van der Waals surface area (Å²) in [6, 6.07) is 0. The molecule has 0 aromatic rings. The first-order chi connectivity index (χ1) is 7.24. The second-order valence-corrected chi connectivity index (χ2v) is 6.52. The van der Waals surface area contributed by atoms with Crippen LogP contribution in [-0.2, 0) is 0 Å². The van der Waals surface area contributed by atoms with E-state index < -0.39 is 0 Å². The summed E-state index contributed by atoms with van der Waals surface area (Å²) in [5, 5.41) is 0. The zero-order chi connectivity index (χ0) is 10.7. The van der Waals surface area contributed by atoms with Crippen LogP contribution in [0.5, 0.6) is 0 Å². The topological polar surface area (TPSA) is 0 Å². The molecule has 0 bridgehead atoms. The molecule has 2 fully saturated rings. The maximum atomic E-state index is 2.46. The predicted octanol–water partition coefficient (Wildman–Crippen LogP) is 5.03. The van der Waals surface area contributed by atoms with Gasteiger partial charge in [0.15, 0.2) is 0 Å². The lowest BCUT2D eigenvalue weighted by molar-refractivity contribution is 0.174. The van der Waals surface area contributed by atoms with Crippen molar-refractivity contribution >= 4 is 0 Å². The fraction of sp³-hybridized carbons (Fsp3) is 1.00. The standard InChI is InChI=1S/C15H28/c1-12-8-13(2)10-15(9-12)11-14-6-4-3-5-7-14/h12-15H,3-11H2,1-2H3. The van der Waals surface area contributed by atoms with Crippen molar-refractivity contribution in [2.45, 2.75) is 71.6 Å². The fourth-order valence-electron chi connectivity index (χ4n) is 4.20. The van der Waals surface area contributed by atoms with Crippen molar-refractivity contribution in [3.8, 4) is 0 Å². The largest absolute Gasteiger partial charge is 0.0625 e. The van der Waals surface area contributed by atoms with Gasteiger partial charge in [0.1, 0.15) is 0 Å². The lowest BCUT2D eigenvalue weighted by atomic mass is 9.71. The molecule has 2 aliphatic carbocycles. The fourth-order valence-corrected chi connectivity index (χ4v) is 4.20. The number of hydrogen-bond acceptors (Lipinski definition) is 0. The maximum absolute atomic E-state index is 2.46. The Hall–Kier alpha value is 0. The number of rotatable bonds is 2. The van der Waals surface area contributed by atoms with Crippen molar-refractivity contribution in [3.05, 3.63) is 0 Å². The molecule has 0 spiro atoms. The zero-order valence-electron chi connectivity index (χ0n) is 10.7. The van der Waals surface area contributed by atoms with E-state index in [0.29, 0.717) is 0 Å². The van der Waals surface area contributed by atoms with E-state index >= 15 is 0 Å². The molecule has 0 amide bonds. The molecule has 88 valence electrons. The Bertz CT molecular complexity index is 168. The highest BCUT2D eigenvalue weighted by Gasteiger charge is 2.26. The first-order valence-corrected chi connectivity index (χ1v) is 7.24. The highest BCUT2D eigenvalue weighted by atomic mass is 14.3. The quantitative estimate of drug-likeness (QED) is 0.597. The van der Waals surface area contributed by atoms with E-state index in [1.807, 2.05) is 0 Å². The highest BCUT2D eigenvalue weighted by molar-refractivity contribution is 4.78. The Morgan fingerprint density at radius 2 is 1.33 bits per heavy atom. The smallest absolute Gasteiger partial charge is 0.0407 e. The van der Waals surface area contributed by atoms with E-state index in [0.717, 1.165) is 23.7 Å². The Balaban J connectivity index is 1.77. The molecule has 0 heteroatoms. The van der Waals surface area contributed by atoms with Gasteiger partial charge in [-0.1, -0.05) is 46.0 Å². The molecule has 0 N–H and O–H groups in total. The molecule has 2 aliphatic rings. The van der Waals surface area contributed by atoms with Gasteiger partial charge in [-0.3, -0.25) is 0 Å². The van der Waals surface area contributed by atoms with Crippen LogP contribution in [0, 0.1) is 23.7 Å². The van der Waals surface area contributed by atoms with Crippen LogP contribution in [0.25, 0.3) is 0 Å². The third-order valence-electron chi connectivity index (χ3n) is 4.67. The van der Waals surface area contributed by atoms with Crippen molar-refractivity contribution < 1.29 is 0 Å². The van der Waals surface area contributed by atoms with E-state index in [1.54, 1.807) is 19.3 Å². The van der Waals surface area contributed by atoms with Gasteiger partial charge in [-0.15, -0.1) is 0 Å². The summed E-state index contributed by atoms with van der Waals surface area (Å²) in [5.74, 6) is 4.18. The van der Waals surface area contributed by atoms with E-state index in [2.05, 4.69) is 13.8 Å². The van der Waals surface area contributed by atoms with Crippen molar-refractivity contribution in [1.82, 2.24) is 0 Å². The molecule has 2 unspecified atom stereocenters. The van der Waals surface area contributed by atoms with Crippen LogP contribution in [0.4, 0.5) is 0 Å². The highest BCUT2D eigenvalue weighted by Crippen LogP contribution is 2.39. The Kier molecular flexibility index (Phi) is 4.11. The van der Waals surface area contributed by atoms with Gasteiger partial charge in [-0.25, -0.2) is 0 Å². The third-order valence-corrected chi connectivity index (χ3v) is 4.67. The molecule has 2 rings (SSSR count). The predicted molar refractivity (Wildman–Crippen MR) is 66.9 cm³/mol. The molecular weight excluding hydrogens is 180 g/mol. The molecule has 0 nitrogen and oxygen atoms in total. The second kappa shape index (κ2) is 5.37. The molecule has 0 radical (unpaired) electrons. The first-order valence-electron chi connectivity index (χ1n) is 7.24. The summed E-state index contributed by atoms with van der Waals surface area (Å²) in [4.78, 5) is 0. The average molecular weight is 208 g/mol. The SMILES string of the molecule is CC1CC(C)CC(CC2CCCCC2)C1. The molecule has 15 heavy (non-hydrogen) atoms. The minimum atomic E-state index is 1.00. The first kappa shape index (κ1) is 11.5. The van der Waals surface area contributed by atoms with Gasteiger partial charge in [0, 0.05) is 0 Å². The molecule has 0 saturated heterocycles. The summed E-state index contributed by atoms with van der Waals surface area (Å²) >= 11 is 0. The summed E-state index contributed by atoms with van der Waals surface area (Å²) in [5.41, 5.74) is 0. The molecule has 0 aliphatic heterocycles. The van der Waals surface area contributed by atoms with Gasteiger partial charge >= 0.3 is 0 Å². The van der Waals surface area contributed by atoms with Gasteiger partial charge in [0.25, 0.3) is 0 Å². The molecule has 2 atom stereocenters. The lowest BCUT2D eigenvalue weighted by Gasteiger charge is -2.34. The van der Waals surface area contributed by atoms with Crippen molar-refractivity contribution in [2.75, 3.05) is 0 Å². The van der Waals surface area contributed by atoms with Crippen molar-refractivity contribution in [2.24, 2.45) is 23.7 Å². The van der Waals surface area contributed by atoms with Crippen LogP contribution in [0.15, 0.2) is 0 Å². The zero-order valence-corrected chi connectivity index (χ0v) is 10.7. The normalized spacial score (nSPS) is 39.2. The lowest BCUT2D eigenvalue weighted by Crippen LogP contribution is -2.22. The monoisotopic (exact) mass is 208 g/mol. The second-order valence-electron chi connectivity index (χ2n) is 6.52. The van der Waals surface area contributed by atoms with Crippen LogP contribution < -0.4 is 0 Å². The molecule has 2 saturated carbocycles. The molecule has 0 aromatic carbocycles. The summed E-state index contributed by atoms with van der Waals surface area (Å²) < 4.78 is 0. The minimum absolute atomic E-state index is 1.00. The van der Waals surface area contributed by atoms with Gasteiger partial charge < -0.3 is 0 Å². The van der Waals surface area contributed by atoms with Gasteiger partial charge in [0.05, 0.1) is 0 Å². The van der Waals surface area contributed by atoms with Crippen molar-refractivity contribution in [1.29, 1.82) is 0 Å². The van der Waals surface area contributed by atoms with Crippen LogP contribution in [0.2, 0.25) is 0 Å². The van der Waals surface area contributed by atoms with Crippen LogP contribution >= 0.6 is 0 Å². The van der Waals surface area contributed by atoms with E-state index in [4.69, 9.17) is 0 Å². The van der Waals surface area contributed by atoms with Gasteiger partial charge in [-0.05, 0) is 49.4 Å². The van der Waals surface area contributed by atoms with Gasteiger partial charge in [-0.2, -0.15) is 0 Å². The average Bonchev–Trinajstić information content (AvgIpc) is 2.17. The summed E-state index contributed by atoms with van der Waals surface area (Å²) in [6.07, 6.45) is 13.7. The van der Waals surface area contributed by atoms with E-state index in [1.165, 1.54) is 38.5 Å². The Morgan fingerprint density at radius 3 is 1.93 bits per heavy atom. The van der Waals surface area contributed by atoms with Crippen LogP contribution in [-0.4, -0.2) is 0 Å². The van der Waals surface area contributed by atoms with Crippen molar-refractivity contribution in [3.63, 3.8) is 0 Å². The van der Waals surface area contributed by atoms with E-state index in [-0.39, 0.29) is 0 Å². The van der Waals surface area contributed by atoms with Gasteiger partial charge in [0.2, 0.25) is 0 Å². The minimum Gasteiger partial charge on any atom is -0.0625 e. The number of hydrogen-bond donors (Lipinski definition) is 0. The summed E-state index contributed by atoms with van der Waals surface area (Å²) in [7, 11) is 0. The van der Waals surface area contributed by atoms with Crippen LogP contribution in [0.1, 0.15) is 71.6 Å². The molecular formula is C15H28. The van der Waals surface area contributed by atoms with Crippen LogP contribution in [0.3, 0.4) is 0 Å². The Morgan fingerprint density at radius 1 is 0.733 bits per heavy atom. The molecule has 0 heterocycles. The van der Waals surface area contributed by atoms with E-state index in [9.17, 15) is 0 Å². The molecule has 0 aromatic heterocycles. The third kappa shape index (κ3) is 3.50. The maximum Gasteiger partial charge on any atom is -0.0407 e.